The van der Waals surface area contributed by atoms with Crippen LogP contribution in [0.4, 0.5) is 0 Å². The molecule has 2 aliphatic carbocycles. The largest absolute Gasteiger partial charge is 1.00 e. The number of rotatable bonds is 8. The van der Waals surface area contributed by atoms with Gasteiger partial charge in [-0.1, -0.05) is 50.3 Å². The Morgan fingerprint density at radius 1 is 1.07 bits per heavy atom. The molecular weight excluding hydrogens is 770 g/mol. The van der Waals surface area contributed by atoms with E-state index in [0.717, 1.165) is 61.4 Å². The first-order chi connectivity index (χ1) is 25.9. The molecule has 1 saturated carbocycles. The summed E-state index contributed by atoms with van der Waals surface area (Å²) in [4.78, 5) is 46.5. The van der Waals surface area contributed by atoms with E-state index in [1.165, 1.54) is 7.11 Å². The van der Waals surface area contributed by atoms with E-state index in [9.17, 15) is 19.5 Å². The summed E-state index contributed by atoms with van der Waals surface area (Å²) in [5.74, 6) is -3.25. The highest BCUT2D eigenvalue weighted by Gasteiger charge is 2.69. The van der Waals surface area contributed by atoms with Crippen molar-refractivity contribution < 1.29 is 64.6 Å². The van der Waals surface area contributed by atoms with Crippen LogP contribution in [-0.4, -0.2) is 126 Å². The van der Waals surface area contributed by atoms with Gasteiger partial charge in [0.25, 0.3) is 0 Å². The number of piperazine rings is 3. The molecule has 6 bridgehead atoms. The number of aliphatic hydroxyl groups is 1. The summed E-state index contributed by atoms with van der Waals surface area (Å²) in [6.45, 7) is 14.8. The fourth-order valence-electron chi connectivity index (χ4n) is 10.6. The summed E-state index contributed by atoms with van der Waals surface area (Å²) in [6.07, 6.45) is 3.38. The first-order valence-corrected chi connectivity index (χ1v) is 19.6. The molecule has 298 valence electrons. The number of methoxy groups -OCH3 is 1. The number of fused-ring (bicyclic) bond motifs is 3. The van der Waals surface area contributed by atoms with E-state index in [0.29, 0.717) is 11.3 Å². The average molecular weight is 825 g/mol. The summed E-state index contributed by atoms with van der Waals surface area (Å²) in [7, 11) is 1.48. The van der Waals surface area contributed by atoms with Gasteiger partial charge in [-0.2, -0.15) is 0 Å². The predicted octanol–water partition coefficient (Wildman–Crippen LogP) is 0.915. The standard InChI is InChI=1S/C42H53N3O9.BrH/c1-24-21-25(2)42-29(12-13-31-34(42)35(46)26(3)37(38(31)54-42)53-40(48)32-11-8-14-43-32)22-33(50-5)41(49)52-36(24)27(4)51-39(47)30-10-7-6-9-28(30)23-45-18-15-44(16-19-45)17-20-45;/h6-14,21,24,26-27,29,31,33-38,46H,15-20,22-23H2,1-5H3;1H/b25-21-;/t24-,26-,27-,29?,31-,33+,34+,35-,36+,37-,38+,42+;/m1./s1. The molecule has 1 unspecified atom stereocenters. The van der Waals surface area contributed by atoms with Gasteiger partial charge >= 0.3 is 17.9 Å². The van der Waals surface area contributed by atoms with E-state index < -0.39 is 72.0 Å². The highest BCUT2D eigenvalue weighted by atomic mass is 79.9. The third-order valence-electron chi connectivity index (χ3n) is 13.6. The van der Waals surface area contributed by atoms with Gasteiger partial charge in [0, 0.05) is 68.1 Å². The lowest BCUT2D eigenvalue weighted by Crippen LogP contribution is -3.00. The van der Waals surface area contributed by atoms with Gasteiger partial charge in [-0.15, -0.1) is 0 Å². The van der Waals surface area contributed by atoms with Crippen LogP contribution < -0.4 is 17.0 Å². The van der Waals surface area contributed by atoms with E-state index in [4.69, 9.17) is 23.7 Å². The monoisotopic (exact) mass is 823 g/mol. The number of esters is 3. The minimum absolute atomic E-state index is 0. The van der Waals surface area contributed by atoms with Crippen molar-refractivity contribution in [2.75, 3.05) is 46.4 Å². The molecule has 1 spiro atoms. The van der Waals surface area contributed by atoms with Gasteiger partial charge in [0.05, 0.1) is 31.3 Å². The van der Waals surface area contributed by atoms with Gasteiger partial charge in [-0.25, -0.2) is 14.4 Å². The Labute approximate surface area is 333 Å². The maximum atomic E-state index is 14.0. The Balaban J connectivity index is 0.00000465. The van der Waals surface area contributed by atoms with Crippen molar-refractivity contribution in [3.8, 4) is 0 Å². The quantitative estimate of drug-likeness (QED) is 0.171. The number of aromatic amines is 1. The predicted molar refractivity (Wildman–Crippen MR) is 197 cm³/mol. The number of hydrogen-bond donors (Lipinski definition) is 2. The topological polar surface area (TPSA) is 137 Å². The number of quaternary nitrogens is 1. The zero-order valence-corrected chi connectivity index (χ0v) is 33.9. The number of hydrogen-bond acceptors (Lipinski definition) is 10. The van der Waals surface area contributed by atoms with E-state index in [1.54, 1.807) is 25.3 Å². The number of nitrogens with zero attached hydrogens (tertiary/aromatic N) is 2. The smallest absolute Gasteiger partial charge is 0.355 e. The van der Waals surface area contributed by atoms with Crippen LogP contribution in [0.15, 0.2) is 66.4 Å². The number of carbonyl (C=O) groups excluding carboxylic acids is 3. The summed E-state index contributed by atoms with van der Waals surface area (Å²) in [6, 6.07) is 11.1. The van der Waals surface area contributed by atoms with Crippen LogP contribution in [0.1, 0.15) is 60.5 Å². The first-order valence-electron chi connectivity index (χ1n) is 19.6. The molecule has 12 atom stereocenters. The summed E-state index contributed by atoms with van der Waals surface area (Å²) >= 11 is 0. The lowest BCUT2D eigenvalue weighted by atomic mass is 9.57. The van der Waals surface area contributed by atoms with Gasteiger partial charge in [0.15, 0.2) is 6.10 Å². The number of nitrogens with one attached hydrogen (secondary N) is 1. The Hall–Kier alpha value is -3.33. The molecule has 1 aromatic heterocycles. The van der Waals surface area contributed by atoms with Crippen LogP contribution in [0.2, 0.25) is 0 Å². The van der Waals surface area contributed by atoms with E-state index in [2.05, 4.69) is 16.0 Å². The lowest BCUT2D eigenvalue weighted by molar-refractivity contribution is -0.953. The number of carbonyl (C=O) groups is 3. The molecule has 5 fully saturated rings. The Morgan fingerprint density at radius 3 is 2.49 bits per heavy atom. The number of benzene rings is 1. The molecule has 12 nitrogen and oxygen atoms in total. The Kier molecular flexibility index (Phi) is 11.3. The second kappa shape index (κ2) is 15.5. The third-order valence-corrected chi connectivity index (χ3v) is 13.6. The van der Waals surface area contributed by atoms with Crippen LogP contribution in [0, 0.1) is 29.6 Å². The molecule has 5 aliphatic heterocycles. The number of H-pyrrole nitrogens is 1. The van der Waals surface area contributed by atoms with Gasteiger partial charge in [0.2, 0.25) is 0 Å². The average Bonchev–Trinajstić information content (AvgIpc) is 3.78. The fourth-order valence-corrected chi connectivity index (χ4v) is 10.6. The van der Waals surface area contributed by atoms with Crippen molar-refractivity contribution in [3.05, 3.63) is 83.2 Å². The molecule has 6 heterocycles. The summed E-state index contributed by atoms with van der Waals surface area (Å²) in [5, 5.41) is 12.0. The van der Waals surface area contributed by atoms with Gasteiger partial charge in [0.1, 0.15) is 42.3 Å². The van der Waals surface area contributed by atoms with Crippen molar-refractivity contribution in [1.82, 2.24) is 9.88 Å². The molecule has 9 rings (SSSR count). The molecule has 1 aromatic carbocycles. The molecule has 13 heteroatoms. The SMILES string of the molecule is CO[C@H]1CC2C=C[C@H]3[C@@H]4O[C@]2(/C(C)=C\[C@@H](C)[C@@H]([C@@H](C)OC(=O)c2ccccc2C[N+]25CCN(CC2)CC5)OC1=O)[C@@H]3[C@H](O)[C@@H](C)[C@H]4OC(=O)c1ccc[nH]1.[Br-]. The van der Waals surface area contributed by atoms with Gasteiger partial charge in [-0.05, 0) is 44.0 Å². The number of halogens is 1. The molecule has 4 saturated heterocycles. The zero-order valence-electron chi connectivity index (χ0n) is 32.3. The molecule has 55 heavy (non-hydrogen) atoms. The van der Waals surface area contributed by atoms with Crippen LogP contribution in [-0.2, 0) is 35.0 Å². The first kappa shape index (κ1) is 39.9. The van der Waals surface area contributed by atoms with Crippen LogP contribution >= 0.6 is 0 Å². The van der Waals surface area contributed by atoms with Crippen molar-refractivity contribution in [1.29, 1.82) is 0 Å². The minimum atomic E-state index is -1.01. The van der Waals surface area contributed by atoms with Crippen LogP contribution in [0.3, 0.4) is 0 Å². The van der Waals surface area contributed by atoms with Crippen molar-refractivity contribution in [3.63, 3.8) is 0 Å². The van der Waals surface area contributed by atoms with Crippen molar-refractivity contribution in [2.45, 2.75) is 82.9 Å². The van der Waals surface area contributed by atoms with Crippen LogP contribution in [0.5, 0.6) is 0 Å². The van der Waals surface area contributed by atoms with E-state index >= 15 is 0 Å². The van der Waals surface area contributed by atoms with Crippen molar-refractivity contribution >= 4 is 17.9 Å². The Morgan fingerprint density at radius 2 is 1.80 bits per heavy atom. The third kappa shape index (κ3) is 6.92. The molecule has 2 aromatic rings. The number of aromatic nitrogens is 1. The molecule has 0 amide bonds. The summed E-state index contributed by atoms with van der Waals surface area (Å²) in [5.41, 5.74) is 1.70. The molecular formula is C42H54BrN3O9. The van der Waals surface area contributed by atoms with Crippen molar-refractivity contribution in [2.24, 2.45) is 29.6 Å². The fraction of sp³-hybridized carbons (Fsp3) is 0.595. The van der Waals surface area contributed by atoms with Gasteiger partial charge in [-0.3, -0.25) is 4.90 Å². The highest BCUT2D eigenvalue weighted by Crippen LogP contribution is 2.61. The molecule has 0 radical (unpaired) electrons. The summed E-state index contributed by atoms with van der Waals surface area (Å²) < 4.78 is 32.4. The maximum absolute atomic E-state index is 14.0. The molecule has 7 aliphatic rings. The number of cyclic esters (lactones) is 1. The minimum Gasteiger partial charge on any atom is -1.00 e. The van der Waals surface area contributed by atoms with E-state index in [1.807, 2.05) is 57.2 Å². The Bertz CT molecular complexity index is 1790. The zero-order chi connectivity index (χ0) is 37.9. The second-order valence-electron chi connectivity index (χ2n) is 16.6. The highest BCUT2D eigenvalue weighted by molar-refractivity contribution is 5.91. The number of aliphatic hydroxyl groups excluding tert-OH is 1. The second-order valence-corrected chi connectivity index (χ2v) is 16.6. The lowest BCUT2D eigenvalue weighted by Gasteiger charge is -2.50. The van der Waals surface area contributed by atoms with E-state index in [-0.39, 0.29) is 41.2 Å². The van der Waals surface area contributed by atoms with Gasteiger partial charge < -0.3 is 55.2 Å². The van der Waals surface area contributed by atoms with Crippen LogP contribution in [0.25, 0.3) is 0 Å². The maximum Gasteiger partial charge on any atom is 0.355 e. The normalized spacial score (nSPS) is 40.4. The number of ether oxygens (including phenoxy) is 5. The molecule has 2 N–H and O–H groups in total.